The molecule has 1 heterocycles. The van der Waals surface area contributed by atoms with Crippen LogP contribution in [0.5, 0.6) is 5.75 Å². The van der Waals surface area contributed by atoms with Crippen LogP contribution in [0.4, 0.5) is 4.39 Å². The van der Waals surface area contributed by atoms with Crippen molar-refractivity contribution in [1.29, 1.82) is 0 Å². The number of aromatic nitrogens is 1. The lowest BCUT2D eigenvalue weighted by molar-refractivity contribution is 0.385. The summed E-state index contributed by atoms with van der Waals surface area (Å²) in [5.41, 5.74) is 0.890. The van der Waals surface area contributed by atoms with E-state index in [1.54, 1.807) is 23.6 Å². The number of benzene rings is 1. The zero-order valence-electron chi connectivity index (χ0n) is 11.2. The molecule has 1 aromatic heterocycles. The molecule has 0 amide bonds. The van der Waals surface area contributed by atoms with Crippen LogP contribution < -0.4 is 10.1 Å². The second-order valence-corrected chi connectivity index (χ2v) is 5.30. The van der Waals surface area contributed by atoms with Gasteiger partial charge in [-0.1, -0.05) is 6.07 Å². The molecule has 0 aliphatic rings. The van der Waals surface area contributed by atoms with Gasteiger partial charge >= 0.3 is 0 Å². The van der Waals surface area contributed by atoms with Gasteiger partial charge in [0.15, 0.2) is 11.6 Å². The molecule has 1 aromatic carbocycles. The molecule has 102 valence electrons. The highest BCUT2D eigenvalue weighted by Gasteiger charge is 2.14. The van der Waals surface area contributed by atoms with Gasteiger partial charge in [-0.3, -0.25) is 0 Å². The molecule has 2 aromatic rings. The van der Waals surface area contributed by atoms with Gasteiger partial charge in [-0.2, -0.15) is 0 Å². The molecule has 0 aliphatic carbocycles. The summed E-state index contributed by atoms with van der Waals surface area (Å²) in [5, 5.41) is 6.38. The topological polar surface area (TPSA) is 34.1 Å². The van der Waals surface area contributed by atoms with Gasteiger partial charge in [0.25, 0.3) is 0 Å². The molecule has 2 atom stereocenters. The van der Waals surface area contributed by atoms with Crippen LogP contribution in [-0.2, 0) is 0 Å². The third-order valence-electron chi connectivity index (χ3n) is 3.00. The van der Waals surface area contributed by atoms with E-state index >= 15 is 0 Å². The van der Waals surface area contributed by atoms with E-state index in [1.165, 1.54) is 13.2 Å². The van der Waals surface area contributed by atoms with E-state index in [-0.39, 0.29) is 23.7 Å². The Hall–Kier alpha value is -1.46. The molecule has 1 N–H and O–H groups in total. The van der Waals surface area contributed by atoms with Crippen molar-refractivity contribution in [3.05, 3.63) is 46.2 Å². The monoisotopic (exact) mass is 280 g/mol. The summed E-state index contributed by atoms with van der Waals surface area (Å²) in [4.78, 5) is 4.27. The van der Waals surface area contributed by atoms with Gasteiger partial charge < -0.3 is 10.1 Å². The van der Waals surface area contributed by atoms with Crippen molar-refractivity contribution in [3.8, 4) is 5.75 Å². The Morgan fingerprint density at radius 1 is 1.32 bits per heavy atom. The van der Waals surface area contributed by atoms with Gasteiger partial charge in [0.2, 0.25) is 0 Å². The maximum Gasteiger partial charge on any atom is 0.165 e. The number of hydrogen-bond donors (Lipinski definition) is 1. The highest BCUT2D eigenvalue weighted by Crippen LogP contribution is 2.24. The molecule has 2 rings (SSSR count). The quantitative estimate of drug-likeness (QED) is 0.906. The Balaban J connectivity index is 2.07. The SMILES string of the molecule is COc1ccc(C(C)NC(C)c2nccs2)cc1F. The smallest absolute Gasteiger partial charge is 0.165 e. The summed E-state index contributed by atoms with van der Waals surface area (Å²) in [7, 11) is 1.46. The Morgan fingerprint density at radius 3 is 2.68 bits per heavy atom. The highest BCUT2D eigenvalue weighted by atomic mass is 32.1. The molecule has 0 saturated carbocycles. The lowest BCUT2D eigenvalue weighted by Crippen LogP contribution is -2.22. The molecule has 3 nitrogen and oxygen atoms in total. The fraction of sp³-hybridized carbons (Fsp3) is 0.357. The Kier molecular flexibility index (Phi) is 4.50. The molecule has 0 bridgehead atoms. The van der Waals surface area contributed by atoms with E-state index < -0.39 is 0 Å². The molecule has 0 spiro atoms. The lowest BCUT2D eigenvalue weighted by atomic mass is 10.1. The van der Waals surface area contributed by atoms with Crippen LogP contribution in [0.2, 0.25) is 0 Å². The average Bonchev–Trinajstić information content (AvgIpc) is 2.92. The first kappa shape index (κ1) is 14.0. The molecule has 5 heteroatoms. The van der Waals surface area contributed by atoms with Crippen LogP contribution >= 0.6 is 11.3 Å². The van der Waals surface area contributed by atoms with Gasteiger partial charge in [-0.15, -0.1) is 11.3 Å². The summed E-state index contributed by atoms with van der Waals surface area (Å²) in [6, 6.07) is 5.20. The van der Waals surface area contributed by atoms with Gasteiger partial charge in [0.05, 0.1) is 13.2 Å². The van der Waals surface area contributed by atoms with Crippen LogP contribution in [0.25, 0.3) is 0 Å². The van der Waals surface area contributed by atoms with Crippen LogP contribution in [0, 0.1) is 5.82 Å². The predicted octanol–water partition coefficient (Wildman–Crippen LogP) is 3.70. The van der Waals surface area contributed by atoms with E-state index in [0.717, 1.165) is 10.6 Å². The number of halogens is 1. The zero-order valence-corrected chi connectivity index (χ0v) is 12.0. The lowest BCUT2D eigenvalue weighted by Gasteiger charge is -2.19. The van der Waals surface area contributed by atoms with E-state index in [2.05, 4.69) is 17.2 Å². The maximum atomic E-state index is 13.7. The fourth-order valence-corrected chi connectivity index (χ4v) is 2.60. The van der Waals surface area contributed by atoms with Crippen molar-refractivity contribution in [3.63, 3.8) is 0 Å². The minimum Gasteiger partial charge on any atom is -0.494 e. The zero-order chi connectivity index (χ0) is 13.8. The first-order chi connectivity index (χ1) is 9.11. The summed E-state index contributed by atoms with van der Waals surface area (Å²) in [5.74, 6) is -0.0699. The number of hydrogen-bond acceptors (Lipinski definition) is 4. The number of rotatable bonds is 5. The summed E-state index contributed by atoms with van der Waals surface area (Å²) in [6.45, 7) is 4.06. The summed E-state index contributed by atoms with van der Waals surface area (Å²) < 4.78 is 18.6. The number of nitrogens with one attached hydrogen (secondary N) is 1. The number of thiazole rings is 1. The van der Waals surface area contributed by atoms with Crippen molar-refractivity contribution in [2.75, 3.05) is 7.11 Å². The minimum atomic E-state index is -0.337. The number of nitrogens with zero attached hydrogens (tertiary/aromatic N) is 1. The van der Waals surface area contributed by atoms with Crippen LogP contribution in [0.3, 0.4) is 0 Å². The number of methoxy groups -OCH3 is 1. The highest BCUT2D eigenvalue weighted by molar-refractivity contribution is 7.09. The largest absolute Gasteiger partial charge is 0.494 e. The third-order valence-corrected chi connectivity index (χ3v) is 3.96. The second kappa shape index (κ2) is 6.12. The van der Waals surface area contributed by atoms with Crippen molar-refractivity contribution >= 4 is 11.3 Å². The molecule has 0 saturated heterocycles. The van der Waals surface area contributed by atoms with Gasteiger partial charge in [0, 0.05) is 17.6 Å². The molecular weight excluding hydrogens is 263 g/mol. The van der Waals surface area contributed by atoms with E-state index in [1.807, 2.05) is 18.4 Å². The van der Waals surface area contributed by atoms with Gasteiger partial charge in [0.1, 0.15) is 5.01 Å². The first-order valence-corrected chi connectivity index (χ1v) is 6.98. The van der Waals surface area contributed by atoms with E-state index in [0.29, 0.717) is 0 Å². The number of ether oxygens (including phenoxy) is 1. The van der Waals surface area contributed by atoms with Gasteiger partial charge in [-0.05, 0) is 31.5 Å². The second-order valence-electron chi connectivity index (χ2n) is 4.37. The first-order valence-electron chi connectivity index (χ1n) is 6.10. The normalized spacial score (nSPS) is 14.1. The predicted molar refractivity (Wildman–Crippen MR) is 75.0 cm³/mol. The van der Waals surface area contributed by atoms with Crippen LogP contribution in [0.15, 0.2) is 29.8 Å². The van der Waals surface area contributed by atoms with E-state index in [4.69, 9.17) is 4.74 Å². The van der Waals surface area contributed by atoms with Crippen molar-refractivity contribution < 1.29 is 9.13 Å². The minimum absolute atomic E-state index is 0.0410. The molecule has 0 fully saturated rings. The van der Waals surface area contributed by atoms with Crippen LogP contribution in [0.1, 0.15) is 36.5 Å². The van der Waals surface area contributed by atoms with Crippen molar-refractivity contribution in [2.45, 2.75) is 25.9 Å². The summed E-state index contributed by atoms with van der Waals surface area (Å²) >= 11 is 1.61. The van der Waals surface area contributed by atoms with E-state index in [9.17, 15) is 4.39 Å². The summed E-state index contributed by atoms with van der Waals surface area (Å²) in [6.07, 6.45) is 1.79. The van der Waals surface area contributed by atoms with Crippen molar-refractivity contribution in [1.82, 2.24) is 10.3 Å². The molecular formula is C14H17FN2OS. The van der Waals surface area contributed by atoms with Gasteiger partial charge in [-0.25, -0.2) is 9.37 Å². The van der Waals surface area contributed by atoms with Crippen LogP contribution in [-0.4, -0.2) is 12.1 Å². The Bertz CT molecular complexity index is 530. The molecule has 2 unspecified atom stereocenters. The molecule has 0 radical (unpaired) electrons. The Labute approximate surface area is 116 Å². The van der Waals surface area contributed by atoms with Crippen molar-refractivity contribution in [2.24, 2.45) is 0 Å². The third kappa shape index (κ3) is 3.30. The standard InChI is InChI=1S/C14H17FN2OS/c1-9(17-10(2)14-16-6-7-19-14)11-4-5-13(18-3)12(15)8-11/h4-10,17H,1-3H3. The fourth-order valence-electron chi connectivity index (χ4n) is 1.94. The molecule has 0 aliphatic heterocycles. The average molecular weight is 280 g/mol. The maximum absolute atomic E-state index is 13.7. The Morgan fingerprint density at radius 2 is 2.11 bits per heavy atom. The molecule has 19 heavy (non-hydrogen) atoms.